The molecular formula is C7H5IO. The van der Waals surface area contributed by atoms with E-state index in [4.69, 9.17) is 4.74 Å². The maximum atomic E-state index is 4.88. The number of ether oxygens (including phenoxy) is 1. The lowest BCUT2D eigenvalue weighted by Gasteiger charge is -1.95. The van der Waals surface area contributed by atoms with Crippen LogP contribution in [0.1, 0.15) is 0 Å². The third-order valence-electron chi connectivity index (χ3n) is 0.906. The van der Waals surface area contributed by atoms with Gasteiger partial charge in [0.25, 0.3) is 0 Å². The number of benzene rings is 1. The minimum absolute atomic E-state index is 0.732. The van der Waals surface area contributed by atoms with Crippen molar-refractivity contribution in [3.8, 4) is 5.75 Å². The van der Waals surface area contributed by atoms with Crippen molar-refractivity contribution in [2.24, 2.45) is 0 Å². The Hall–Kier alpha value is -0.250. The highest BCUT2D eigenvalue weighted by Crippen LogP contribution is 2.10. The Bertz CT molecular complexity index is 181. The van der Waals surface area contributed by atoms with E-state index < -0.39 is 0 Å². The summed E-state index contributed by atoms with van der Waals surface area (Å²) < 4.78 is 5.93. The van der Waals surface area contributed by atoms with Crippen LogP contribution < -0.4 is 4.74 Å². The van der Waals surface area contributed by atoms with Gasteiger partial charge in [0.1, 0.15) is 5.75 Å². The van der Waals surface area contributed by atoms with E-state index in [2.05, 4.69) is 34.7 Å². The van der Waals surface area contributed by atoms with E-state index in [1.165, 1.54) is 0 Å². The monoisotopic (exact) mass is 232 g/mol. The largest absolute Gasteiger partial charge is 0.496 e. The summed E-state index contributed by atoms with van der Waals surface area (Å²) in [6.45, 7) is 0. The molecule has 0 saturated heterocycles. The number of methoxy groups -OCH3 is 1. The Labute approximate surface area is 68.2 Å². The number of halogens is 1. The van der Waals surface area contributed by atoms with Gasteiger partial charge in [0.15, 0.2) is 0 Å². The zero-order chi connectivity index (χ0) is 6.69. The molecule has 2 radical (unpaired) electrons. The second kappa shape index (κ2) is 3.06. The molecule has 0 amide bonds. The van der Waals surface area contributed by atoms with Gasteiger partial charge < -0.3 is 4.74 Å². The maximum Gasteiger partial charge on any atom is 0.127 e. The summed E-state index contributed by atoms with van der Waals surface area (Å²) in [6, 6.07) is 9.50. The molecule has 0 N–H and O–H groups in total. The minimum Gasteiger partial charge on any atom is -0.496 e. The predicted molar refractivity (Wildman–Crippen MR) is 43.4 cm³/mol. The second-order valence-corrected chi connectivity index (χ2v) is 2.66. The Morgan fingerprint density at radius 1 is 1.44 bits per heavy atom. The Balaban J connectivity index is 2.88. The molecular weight excluding hydrogens is 227 g/mol. The third-order valence-corrected chi connectivity index (χ3v) is 1.54. The summed E-state index contributed by atoms with van der Waals surface area (Å²) in [5, 5.41) is 0. The zero-order valence-electron chi connectivity index (χ0n) is 4.94. The summed E-state index contributed by atoms with van der Waals surface area (Å²) in [7, 11) is 1.62. The lowest BCUT2D eigenvalue weighted by Crippen LogP contribution is -1.81. The van der Waals surface area contributed by atoms with Crippen LogP contribution in [-0.2, 0) is 0 Å². The number of hydrogen-bond donors (Lipinski definition) is 0. The molecule has 1 rings (SSSR count). The summed E-state index contributed by atoms with van der Waals surface area (Å²) >= 11 is 2.17. The first kappa shape index (κ1) is 6.86. The highest BCUT2D eigenvalue weighted by Gasteiger charge is 1.88. The van der Waals surface area contributed by atoms with Gasteiger partial charge in [0, 0.05) is 15.7 Å². The van der Waals surface area contributed by atoms with Crippen molar-refractivity contribution in [2.75, 3.05) is 7.11 Å². The molecule has 0 spiro atoms. The van der Waals surface area contributed by atoms with Gasteiger partial charge in [0.2, 0.25) is 0 Å². The standard InChI is InChI=1S/C7H5IO/c1-9-7-4-2-6(8)3-5-7/h2,4H,1H3. The van der Waals surface area contributed by atoms with Gasteiger partial charge in [-0.25, -0.2) is 0 Å². The van der Waals surface area contributed by atoms with Crippen molar-refractivity contribution in [3.05, 3.63) is 27.8 Å². The van der Waals surface area contributed by atoms with Gasteiger partial charge in [-0.1, -0.05) is 0 Å². The minimum atomic E-state index is 0.732. The van der Waals surface area contributed by atoms with E-state index in [9.17, 15) is 0 Å². The molecule has 0 bridgehead atoms. The fraction of sp³-hybridized carbons (Fsp3) is 0.143. The van der Waals surface area contributed by atoms with Crippen LogP contribution >= 0.6 is 22.6 Å². The molecule has 0 fully saturated rings. The van der Waals surface area contributed by atoms with Crippen LogP contribution in [0.2, 0.25) is 0 Å². The molecule has 0 aliphatic carbocycles. The van der Waals surface area contributed by atoms with Gasteiger partial charge >= 0.3 is 0 Å². The second-order valence-electron chi connectivity index (χ2n) is 1.50. The van der Waals surface area contributed by atoms with Crippen molar-refractivity contribution < 1.29 is 4.74 Å². The third kappa shape index (κ3) is 1.86. The summed E-state index contributed by atoms with van der Waals surface area (Å²) in [5.74, 6) is 0.732. The lowest BCUT2D eigenvalue weighted by atomic mass is 10.3. The molecule has 0 aliphatic rings. The molecule has 9 heavy (non-hydrogen) atoms. The highest BCUT2D eigenvalue weighted by molar-refractivity contribution is 14.1. The average molecular weight is 232 g/mol. The Morgan fingerprint density at radius 2 is 2.22 bits per heavy atom. The molecule has 0 saturated carbocycles. The van der Waals surface area contributed by atoms with E-state index in [1.807, 2.05) is 12.1 Å². The SMILES string of the molecule is COc1[c][c]c(I)cc1. The zero-order valence-corrected chi connectivity index (χ0v) is 7.10. The van der Waals surface area contributed by atoms with Gasteiger partial charge in [0.05, 0.1) is 7.11 Å². The number of hydrogen-bond acceptors (Lipinski definition) is 1. The highest BCUT2D eigenvalue weighted by atomic mass is 127. The molecule has 0 unspecified atom stereocenters. The first-order chi connectivity index (χ1) is 4.33. The van der Waals surface area contributed by atoms with Crippen molar-refractivity contribution in [1.29, 1.82) is 0 Å². The van der Waals surface area contributed by atoms with E-state index in [0.29, 0.717) is 0 Å². The molecule has 1 aromatic carbocycles. The van der Waals surface area contributed by atoms with Crippen molar-refractivity contribution in [2.45, 2.75) is 0 Å². The fourth-order valence-electron chi connectivity index (χ4n) is 0.473. The maximum absolute atomic E-state index is 4.88. The van der Waals surface area contributed by atoms with E-state index >= 15 is 0 Å². The van der Waals surface area contributed by atoms with Crippen LogP contribution in [0.5, 0.6) is 5.75 Å². The molecule has 0 atom stereocenters. The summed E-state index contributed by atoms with van der Waals surface area (Å²) in [4.78, 5) is 0. The Kier molecular flexibility index (Phi) is 2.33. The van der Waals surface area contributed by atoms with E-state index in [1.54, 1.807) is 7.11 Å². The molecule has 0 aromatic heterocycles. The van der Waals surface area contributed by atoms with Crippen molar-refractivity contribution in [1.82, 2.24) is 0 Å². The first-order valence-electron chi connectivity index (χ1n) is 2.46. The molecule has 46 valence electrons. The molecule has 0 heterocycles. The summed E-state index contributed by atoms with van der Waals surface area (Å²) in [6.07, 6.45) is 0. The van der Waals surface area contributed by atoms with Gasteiger partial charge in [-0.3, -0.25) is 0 Å². The topological polar surface area (TPSA) is 9.23 Å². The van der Waals surface area contributed by atoms with Crippen LogP contribution in [0.15, 0.2) is 12.1 Å². The van der Waals surface area contributed by atoms with Gasteiger partial charge in [-0.15, -0.1) is 0 Å². The predicted octanol–water partition coefficient (Wildman–Crippen LogP) is 1.90. The molecule has 0 aliphatic heterocycles. The molecule has 1 aromatic rings. The first-order valence-corrected chi connectivity index (χ1v) is 3.54. The normalized spacial score (nSPS) is 9.11. The van der Waals surface area contributed by atoms with Gasteiger partial charge in [-0.2, -0.15) is 0 Å². The van der Waals surface area contributed by atoms with Gasteiger partial charge in [-0.05, 0) is 34.7 Å². The van der Waals surface area contributed by atoms with Crippen LogP contribution in [0.4, 0.5) is 0 Å². The van der Waals surface area contributed by atoms with E-state index in [-0.39, 0.29) is 0 Å². The quantitative estimate of drug-likeness (QED) is 0.672. The molecule has 2 heteroatoms. The van der Waals surface area contributed by atoms with Crippen LogP contribution in [-0.4, -0.2) is 7.11 Å². The van der Waals surface area contributed by atoms with E-state index in [0.717, 1.165) is 9.32 Å². The lowest BCUT2D eigenvalue weighted by molar-refractivity contribution is 0.413. The average Bonchev–Trinajstić information content (AvgIpc) is 1.90. The summed E-state index contributed by atoms with van der Waals surface area (Å²) in [5.41, 5.74) is 0. The van der Waals surface area contributed by atoms with Crippen LogP contribution in [0.25, 0.3) is 0 Å². The fourth-order valence-corrected chi connectivity index (χ4v) is 0.787. The smallest absolute Gasteiger partial charge is 0.127 e. The number of rotatable bonds is 1. The van der Waals surface area contributed by atoms with Crippen molar-refractivity contribution in [3.63, 3.8) is 0 Å². The Morgan fingerprint density at radius 3 is 2.67 bits per heavy atom. The van der Waals surface area contributed by atoms with Crippen LogP contribution in [0.3, 0.4) is 0 Å². The van der Waals surface area contributed by atoms with Crippen LogP contribution in [0, 0.1) is 15.7 Å². The molecule has 1 nitrogen and oxygen atoms in total. The van der Waals surface area contributed by atoms with Crippen molar-refractivity contribution >= 4 is 22.6 Å².